The molecule has 1 rings (SSSR count). The lowest BCUT2D eigenvalue weighted by molar-refractivity contribution is 0.458. The summed E-state index contributed by atoms with van der Waals surface area (Å²) in [6.07, 6.45) is 2.43. The van der Waals surface area contributed by atoms with Gasteiger partial charge in [-0.25, -0.2) is 0 Å². The molecule has 1 aromatic carbocycles. The molecule has 0 heterocycles. The summed E-state index contributed by atoms with van der Waals surface area (Å²) in [5.41, 5.74) is 6.62. The Morgan fingerprint density at radius 3 is 2.92 bits per heavy atom. The van der Waals surface area contributed by atoms with Gasteiger partial charge in [0.25, 0.3) is 0 Å². The maximum Gasteiger partial charge on any atom is 0.133 e. The number of hydrogen-bond donors (Lipinski definition) is 2. The lowest BCUT2D eigenvalue weighted by Gasteiger charge is -2.12. The van der Waals surface area contributed by atoms with Crippen LogP contribution in [0.3, 0.4) is 0 Å². The predicted octanol–water partition coefficient (Wildman–Crippen LogP) is 2.57. The van der Waals surface area contributed by atoms with Gasteiger partial charge in [-0.2, -0.15) is 0 Å². The van der Waals surface area contributed by atoms with Crippen molar-refractivity contribution in [1.29, 1.82) is 0 Å². The van der Waals surface area contributed by atoms with Crippen LogP contribution in [-0.4, -0.2) is 5.11 Å². The summed E-state index contributed by atoms with van der Waals surface area (Å²) in [7, 11) is 0. The first-order chi connectivity index (χ1) is 6.16. The minimum atomic E-state index is -0.160. The molecule has 70 valence electrons. The number of benzene rings is 1. The molecule has 0 saturated carbocycles. The van der Waals surface area contributed by atoms with E-state index >= 15 is 0 Å². The molecule has 0 saturated heterocycles. The second-order valence-corrected chi connectivity index (χ2v) is 3.97. The van der Waals surface area contributed by atoms with Crippen molar-refractivity contribution >= 4 is 22.6 Å². The van der Waals surface area contributed by atoms with E-state index in [-0.39, 0.29) is 11.8 Å². The number of aromatic hydroxyl groups is 1. The van der Waals surface area contributed by atoms with Gasteiger partial charge in [0, 0.05) is 11.6 Å². The summed E-state index contributed by atoms with van der Waals surface area (Å²) in [4.78, 5) is 0. The second-order valence-electron chi connectivity index (χ2n) is 2.81. The van der Waals surface area contributed by atoms with E-state index in [2.05, 4.69) is 29.2 Å². The Hall–Kier alpha value is -0.550. The Morgan fingerprint density at radius 2 is 2.31 bits per heavy atom. The van der Waals surface area contributed by atoms with Crippen LogP contribution in [0.25, 0.3) is 0 Å². The molecule has 1 atom stereocenters. The molecule has 0 aliphatic carbocycles. The van der Waals surface area contributed by atoms with Crippen LogP contribution in [0, 0.1) is 3.57 Å². The first kappa shape index (κ1) is 10.5. The van der Waals surface area contributed by atoms with Crippen LogP contribution in [0.2, 0.25) is 0 Å². The van der Waals surface area contributed by atoms with Crippen LogP contribution < -0.4 is 5.73 Å². The molecular formula is C10H12INO. The van der Waals surface area contributed by atoms with Gasteiger partial charge in [-0.3, -0.25) is 0 Å². The van der Waals surface area contributed by atoms with Crippen molar-refractivity contribution in [1.82, 2.24) is 0 Å². The third kappa shape index (κ3) is 2.45. The highest BCUT2D eigenvalue weighted by Gasteiger charge is 2.10. The summed E-state index contributed by atoms with van der Waals surface area (Å²) < 4.78 is 0.828. The van der Waals surface area contributed by atoms with Crippen molar-refractivity contribution in [2.24, 2.45) is 5.73 Å². The maximum absolute atomic E-state index is 9.67. The van der Waals surface area contributed by atoms with Gasteiger partial charge in [-0.1, -0.05) is 18.2 Å². The number of phenolic OH excluding ortho intramolecular Hbond substituents is 1. The maximum atomic E-state index is 9.67. The third-order valence-electron chi connectivity index (χ3n) is 1.84. The molecule has 0 spiro atoms. The van der Waals surface area contributed by atoms with E-state index in [0.29, 0.717) is 6.42 Å². The number of phenols is 1. The normalized spacial score (nSPS) is 12.5. The van der Waals surface area contributed by atoms with E-state index < -0.39 is 0 Å². The van der Waals surface area contributed by atoms with E-state index in [4.69, 9.17) is 5.73 Å². The zero-order valence-electron chi connectivity index (χ0n) is 7.20. The third-order valence-corrected chi connectivity index (χ3v) is 2.71. The van der Waals surface area contributed by atoms with Gasteiger partial charge in [0.2, 0.25) is 0 Å². The molecule has 13 heavy (non-hydrogen) atoms. The summed E-state index contributed by atoms with van der Waals surface area (Å²) >= 11 is 2.08. The van der Waals surface area contributed by atoms with Crippen LogP contribution in [0.1, 0.15) is 18.0 Å². The molecule has 1 unspecified atom stereocenters. The van der Waals surface area contributed by atoms with Gasteiger partial charge in [0.05, 0.1) is 3.57 Å². The molecule has 0 aromatic heterocycles. The van der Waals surface area contributed by atoms with Crippen molar-refractivity contribution in [2.75, 3.05) is 0 Å². The number of para-hydroxylation sites is 1. The lowest BCUT2D eigenvalue weighted by atomic mass is 10.0. The Balaban J connectivity index is 3.00. The van der Waals surface area contributed by atoms with Gasteiger partial charge >= 0.3 is 0 Å². The van der Waals surface area contributed by atoms with Crippen LogP contribution in [0.4, 0.5) is 0 Å². The Morgan fingerprint density at radius 1 is 1.62 bits per heavy atom. The first-order valence-corrected chi connectivity index (χ1v) is 5.08. The number of halogens is 1. The topological polar surface area (TPSA) is 46.2 Å². The van der Waals surface area contributed by atoms with Crippen LogP contribution in [-0.2, 0) is 0 Å². The Kier molecular flexibility index (Phi) is 3.74. The monoisotopic (exact) mass is 289 g/mol. The fourth-order valence-electron chi connectivity index (χ4n) is 1.14. The molecule has 0 aliphatic heterocycles. The Bertz CT molecular complexity index is 312. The van der Waals surface area contributed by atoms with E-state index in [9.17, 15) is 5.11 Å². The summed E-state index contributed by atoms with van der Waals surface area (Å²) in [5, 5.41) is 9.67. The standard InChI is InChI=1S/C10H12INO/c1-2-4-9(12)7-5-3-6-8(11)10(7)13/h2-3,5-6,9,13H,1,4,12H2. The van der Waals surface area contributed by atoms with Crippen LogP contribution in [0.5, 0.6) is 5.75 Å². The van der Waals surface area contributed by atoms with Crippen molar-refractivity contribution in [3.8, 4) is 5.75 Å². The molecule has 3 heteroatoms. The number of hydrogen-bond acceptors (Lipinski definition) is 2. The van der Waals surface area contributed by atoms with E-state index in [0.717, 1.165) is 9.13 Å². The second kappa shape index (κ2) is 4.62. The van der Waals surface area contributed by atoms with Gasteiger partial charge < -0.3 is 10.8 Å². The minimum Gasteiger partial charge on any atom is -0.506 e. The zero-order chi connectivity index (χ0) is 9.84. The molecule has 2 nitrogen and oxygen atoms in total. The highest BCUT2D eigenvalue weighted by Crippen LogP contribution is 2.29. The van der Waals surface area contributed by atoms with Crippen LogP contribution in [0.15, 0.2) is 30.9 Å². The molecule has 0 radical (unpaired) electrons. The van der Waals surface area contributed by atoms with E-state index in [1.165, 1.54) is 0 Å². The largest absolute Gasteiger partial charge is 0.506 e. The fourth-order valence-corrected chi connectivity index (χ4v) is 1.66. The van der Waals surface area contributed by atoms with Gasteiger partial charge in [0.1, 0.15) is 5.75 Å². The fraction of sp³-hybridized carbons (Fsp3) is 0.200. The van der Waals surface area contributed by atoms with Gasteiger partial charge in [-0.15, -0.1) is 6.58 Å². The number of rotatable bonds is 3. The van der Waals surface area contributed by atoms with E-state index in [1.54, 1.807) is 6.08 Å². The lowest BCUT2D eigenvalue weighted by Crippen LogP contribution is -2.09. The first-order valence-electron chi connectivity index (χ1n) is 4.00. The molecule has 0 bridgehead atoms. The molecular weight excluding hydrogens is 277 g/mol. The van der Waals surface area contributed by atoms with Gasteiger partial charge in [-0.05, 0) is 35.1 Å². The predicted molar refractivity (Wildman–Crippen MR) is 62.6 cm³/mol. The van der Waals surface area contributed by atoms with E-state index in [1.807, 2.05) is 18.2 Å². The smallest absolute Gasteiger partial charge is 0.133 e. The summed E-state index contributed by atoms with van der Waals surface area (Å²) in [6.45, 7) is 3.61. The van der Waals surface area contributed by atoms with Gasteiger partial charge in [0.15, 0.2) is 0 Å². The molecule has 0 fully saturated rings. The Labute approximate surface area is 91.6 Å². The average molecular weight is 289 g/mol. The molecule has 1 aromatic rings. The summed E-state index contributed by atoms with van der Waals surface area (Å²) in [5.74, 6) is 0.289. The van der Waals surface area contributed by atoms with Crippen molar-refractivity contribution < 1.29 is 5.11 Å². The van der Waals surface area contributed by atoms with Crippen molar-refractivity contribution in [2.45, 2.75) is 12.5 Å². The number of nitrogens with two attached hydrogens (primary N) is 1. The minimum absolute atomic E-state index is 0.160. The molecule has 3 N–H and O–H groups in total. The zero-order valence-corrected chi connectivity index (χ0v) is 9.36. The SMILES string of the molecule is C=CCC(N)c1cccc(I)c1O. The molecule has 0 aliphatic rings. The highest BCUT2D eigenvalue weighted by atomic mass is 127. The average Bonchev–Trinajstić information content (AvgIpc) is 2.10. The van der Waals surface area contributed by atoms with Crippen LogP contribution >= 0.6 is 22.6 Å². The quantitative estimate of drug-likeness (QED) is 0.663. The molecule has 0 amide bonds. The van der Waals surface area contributed by atoms with Crippen molar-refractivity contribution in [3.63, 3.8) is 0 Å². The highest BCUT2D eigenvalue weighted by molar-refractivity contribution is 14.1. The van der Waals surface area contributed by atoms with Crippen molar-refractivity contribution in [3.05, 3.63) is 40.0 Å². The summed E-state index contributed by atoms with van der Waals surface area (Å²) in [6, 6.07) is 5.41.